The first-order chi connectivity index (χ1) is 8.19. The monoisotopic (exact) mass is 256 g/mol. The van der Waals surface area contributed by atoms with Gasteiger partial charge in [-0.15, -0.1) is 0 Å². The van der Waals surface area contributed by atoms with Gasteiger partial charge in [0.05, 0.1) is 12.4 Å². The number of ether oxygens (including phenoxy) is 1. The SMILES string of the molecule is CCNC(=O)CSc1ncnc(OCC)c1N. The molecule has 1 rings (SSSR count). The largest absolute Gasteiger partial charge is 0.476 e. The quantitative estimate of drug-likeness (QED) is 0.575. The van der Waals surface area contributed by atoms with Gasteiger partial charge in [0, 0.05) is 6.54 Å². The van der Waals surface area contributed by atoms with E-state index in [2.05, 4.69) is 15.3 Å². The van der Waals surface area contributed by atoms with Crippen LogP contribution in [0.2, 0.25) is 0 Å². The number of nitrogen functional groups attached to an aromatic ring is 1. The number of hydrogen-bond acceptors (Lipinski definition) is 6. The number of amides is 1. The average molecular weight is 256 g/mol. The van der Waals surface area contributed by atoms with Gasteiger partial charge in [-0.3, -0.25) is 4.79 Å². The van der Waals surface area contributed by atoms with Gasteiger partial charge in [0.25, 0.3) is 0 Å². The lowest BCUT2D eigenvalue weighted by molar-refractivity contribution is -0.118. The summed E-state index contributed by atoms with van der Waals surface area (Å²) in [6, 6.07) is 0. The van der Waals surface area contributed by atoms with E-state index in [1.807, 2.05) is 13.8 Å². The summed E-state index contributed by atoms with van der Waals surface area (Å²) in [7, 11) is 0. The molecule has 0 aliphatic rings. The van der Waals surface area contributed by atoms with E-state index in [9.17, 15) is 4.79 Å². The van der Waals surface area contributed by atoms with Crippen molar-refractivity contribution in [1.82, 2.24) is 15.3 Å². The molecule has 0 saturated heterocycles. The fourth-order valence-electron chi connectivity index (χ4n) is 1.11. The second-order valence-electron chi connectivity index (χ2n) is 3.07. The van der Waals surface area contributed by atoms with Crippen molar-refractivity contribution in [2.45, 2.75) is 18.9 Å². The van der Waals surface area contributed by atoms with Crippen LogP contribution in [0.1, 0.15) is 13.8 Å². The van der Waals surface area contributed by atoms with E-state index in [0.29, 0.717) is 29.7 Å². The Balaban J connectivity index is 2.64. The van der Waals surface area contributed by atoms with Crippen LogP contribution in [0.3, 0.4) is 0 Å². The maximum absolute atomic E-state index is 11.3. The molecule has 0 atom stereocenters. The summed E-state index contributed by atoms with van der Waals surface area (Å²) in [5, 5.41) is 3.26. The van der Waals surface area contributed by atoms with E-state index >= 15 is 0 Å². The first kappa shape index (κ1) is 13.6. The van der Waals surface area contributed by atoms with Crippen molar-refractivity contribution in [3.05, 3.63) is 6.33 Å². The predicted octanol–water partition coefficient (Wildman–Crippen LogP) is 0.686. The smallest absolute Gasteiger partial charge is 0.241 e. The second-order valence-corrected chi connectivity index (χ2v) is 4.04. The Morgan fingerprint density at radius 2 is 2.29 bits per heavy atom. The van der Waals surface area contributed by atoms with E-state index < -0.39 is 0 Å². The summed E-state index contributed by atoms with van der Waals surface area (Å²) in [5.74, 6) is 0.593. The van der Waals surface area contributed by atoms with Gasteiger partial charge in [-0.1, -0.05) is 11.8 Å². The molecule has 0 unspecified atom stereocenters. The van der Waals surface area contributed by atoms with Crippen molar-refractivity contribution in [3.8, 4) is 5.88 Å². The minimum Gasteiger partial charge on any atom is -0.476 e. The van der Waals surface area contributed by atoms with Gasteiger partial charge in [0.2, 0.25) is 11.8 Å². The third kappa shape index (κ3) is 4.10. The Bertz CT molecular complexity index is 387. The molecule has 0 fully saturated rings. The highest BCUT2D eigenvalue weighted by atomic mass is 32.2. The molecule has 6 nitrogen and oxygen atoms in total. The Morgan fingerprint density at radius 3 is 2.94 bits per heavy atom. The third-order valence-corrected chi connectivity index (χ3v) is 2.81. The van der Waals surface area contributed by atoms with Gasteiger partial charge in [-0.05, 0) is 13.8 Å². The topological polar surface area (TPSA) is 90.1 Å². The highest BCUT2D eigenvalue weighted by Gasteiger charge is 2.11. The lowest BCUT2D eigenvalue weighted by Crippen LogP contribution is -2.24. The first-order valence-electron chi connectivity index (χ1n) is 5.31. The molecule has 17 heavy (non-hydrogen) atoms. The van der Waals surface area contributed by atoms with Crippen molar-refractivity contribution in [3.63, 3.8) is 0 Å². The molecule has 1 amide bonds. The maximum Gasteiger partial charge on any atom is 0.241 e. The minimum atomic E-state index is -0.0477. The second kappa shape index (κ2) is 6.95. The van der Waals surface area contributed by atoms with Crippen LogP contribution in [0, 0.1) is 0 Å². The number of nitrogens with one attached hydrogen (secondary N) is 1. The fourth-order valence-corrected chi connectivity index (χ4v) is 1.85. The Kier molecular flexibility index (Phi) is 5.55. The molecule has 94 valence electrons. The van der Waals surface area contributed by atoms with Crippen LogP contribution < -0.4 is 15.8 Å². The molecule has 7 heteroatoms. The number of carbonyl (C=O) groups excluding carboxylic acids is 1. The zero-order valence-corrected chi connectivity index (χ0v) is 10.7. The van der Waals surface area contributed by atoms with Gasteiger partial charge in [0.15, 0.2) is 0 Å². The number of anilines is 1. The fraction of sp³-hybridized carbons (Fsp3) is 0.500. The molecule has 0 spiro atoms. The lowest BCUT2D eigenvalue weighted by Gasteiger charge is -2.08. The molecular formula is C10H16N4O2S. The highest BCUT2D eigenvalue weighted by Crippen LogP contribution is 2.28. The van der Waals surface area contributed by atoms with Crippen LogP contribution in [0.4, 0.5) is 5.69 Å². The van der Waals surface area contributed by atoms with Gasteiger partial charge in [-0.2, -0.15) is 4.98 Å². The number of nitrogens with two attached hydrogens (primary N) is 1. The van der Waals surface area contributed by atoms with Gasteiger partial charge in [-0.25, -0.2) is 4.98 Å². The van der Waals surface area contributed by atoms with Gasteiger partial charge >= 0.3 is 0 Å². The highest BCUT2D eigenvalue weighted by molar-refractivity contribution is 8.00. The average Bonchev–Trinajstić information content (AvgIpc) is 2.31. The number of carbonyl (C=O) groups is 1. The molecule has 3 N–H and O–H groups in total. The number of hydrogen-bond donors (Lipinski definition) is 2. The summed E-state index contributed by atoms with van der Waals surface area (Å²) in [6.45, 7) is 4.82. The molecule has 1 aromatic rings. The third-order valence-electron chi connectivity index (χ3n) is 1.81. The summed E-state index contributed by atoms with van der Waals surface area (Å²) in [6.07, 6.45) is 1.38. The Hall–Kier alpha value is -1.50. The van der Waals surface area contributed by atoms with Crippen molar-refractivity contribution in [2.75, 3.05) is 24.6 Å². The van der Waals surface area contributed by atoms with Crippen molar-refractivity contribution < 1.29 is 9.53 Å². The molecule has 1 aromatic heterocycles. The summed E-state index contributed by atoms with van der Waals surface area (Å²) >= 11 is 1.27. The van der Waals surface area contributed by atoms with Crippen molar-refractivity contribution in [2.24, 2.45) is 0 Å². The van der Waals surface area contributed by atoms with E-state index in [1.165, 1.54) is 18.1 Å². The number of rotatable bonds is 6. The van der Waals surface area contributed by atoms with Crippen LogP contribution in [0.5, 0.6) is 5.88 Å². The first-order valence-corrected chi connectivity index (χ1v) is 6.30. The standard InChI is InChI=1S/C10H16N4O2S/c1-3-12-7(15)5-17-10-8(11)9(16-4-2)13-6-14-10/h6H,3-5,11H2,1-2H3,(H,12,15). The van der Waals surface area contributed by atoms with Gasteiger partial charge < -0.3 is 15.8 Å². The van der Waals surface area contributed by atoms with Crippen molar-refractivity contribution >= 4 is 23.4 Å². The van der Waals surface area contributed by atoms with Crippen LogP contribution in [-0.2, 0) is 4.79 Å². The molecule has 0 saturated carbocycles. The number of nitrogens with zero attached hydrogens (tertiary/aromatic N) is 2. The summed E-state index contributed by atoms with van der Waals surface area (Å²) in [4.78, 5) is 19.2. The predicted molar refractivity (Wildman–Crippen MR) is 67.0 cm³/mol. The molecule has 0 aliphatic carbocycles. The molecule has 0 aromatic carbocycles. The number of aromatic nitrogens is 2. The molecule has 1 heterocycles. The molecular weight excluding hydrogens is 240 g/mol. The van der Waals surface area contributed by atoms with Crippen LogP contribution >= 0.6 is 11.8 Å². The Labute approximate surface area is 104 Å². The van der Waals surface area contributed by atoms with E-state index in [0.717, 1.165) is 0 Å². The van der Waals surface area contributed by atoms with E-state index in [-0.39, 0.29) is 11.7 Å². The van der Waals surface area contributed by atoms with Crippen LogP contribution in [-0.4, -0.2) is 34.8 Å². The number of thioether (sulfide) groups is 1. The summed E-state index contributed by atoms with van der Waals surface area (Å²) in [5.41, 5.74) is 6.21. The van der Waals surface area contributed by atoms with E-state index in [1.54, 1.807) is 0 Å². The van der Waals surface area contributed by atoms with Gasteiger partial charge in [0.1, 0.15) is 17.0 Å². The maximum atomic E-state index is 11.3. The van der Waals surface area contributed by atoms with Crippen molar-refractivity contribution in [1.29, 1.82) is 0 Å². The molecule has 0 aliphatic heterocycles. The lowest BCUT2D eigenvalue weighted by atomic mass is 10.5. The van der Waals surface area contributed by atoms with Crippen LogP contribution in [0.25, 0.3) is 0 Å². The molecule has 0 bridgehead atoms. The Morgan fingerprint density at radius 1 is 1.53 bits per heavy atom. The normalized spacial score (nSPS) is 10.0. The summed E-state index contributed by atoms with van der Waals surface area (Å²) < 4.78 is 5.24. The zero-order chi connectivity index (χ0) is 12.7. The van der Waals surface area contributed by atoms with Crippen LogP contribution in [0.15, 0.2) is 11.4 Å². The zero-order valence-electron chi connectivity index (χ0n) is 9.90. The molecule has 0 radical (unpaired) electrons. The van der Waals surface area contributed by atoms with E-state index in [4.69, 9.17) is 10.5 Å². The minimum absolute atomic E-state index is 0.0477.